The predicted octanol–water partition coefficient (Wildman–Crippen LogP) is 2.11. The molecule has 2 aromatic rings. The molecule has 5 nitrogen and oxygen atoms in total. The van der Waals surface area contributed by atoms with E-state index in [2.05, 4.69) is 27.4 Å². The van der Waals surface area contributed by atoms with E-state index in [9.17, 15) is 4.79 Å². The molecule has 0 saturated heterocycles. The summed E-state index contributed by atoms with van der Waals surface area (Å²) in [6.45, 7) is 4.10. The third-order valence-corrected chi connectivity index (χ3v) is 3.63. The molecule has 21 heavy (non-hydrogen) atoms. The van der Waals surface area contributed by atoms with E-state index in [0.717, 1.165) is 19.5 Å². The molecular weight excluding hydrogens is 264 g/mol. The number of rotatable bonds is 3. The van der Waals surface area contributed by atoms with Crippen LogP contribution in [-0.2, 0) is 13.0 Å². The first-order valence-electron chi connectivity index (χ1n) is 7.20. The first-order chi connectivity index (χ1) is 10.3. The van der Waals surface area contributed by atoms with Crippen molar-refractivity contribution < 1.29 is 4.79 Å². The molecule has 0 bridgehead atoms. The summed E-state index contributed by atoms with van der Waals surface area (Å²) in [4.78, 5) is 22.8. The summed E-state index contributed by atoms with van der Waals surface area (Å²) in [5.41, 5.74) is 2.94. The summed E-state index contributed by atoms with van der Waals surface area (Å²) in [6.07, 6.45) is 4.05. The zero-order chi connectivity index (χ0) is 14.7. The predicted molar refractivity (Wildman–Crippen MR) is 81.1 cm³/mol. The van der Waals surface area contributed by atoms with Gasteiger partial charge in [-0.1, -0.05) is 24.3 Å². The monoisotopic (exact) mass is 282 g/mol. The number of fused-ring (bicyclic) bond motifs is 1. The Balaban J connectivity index is 1.79. The quantitative estimate of drug-likeness (QED) is 0.936. The number of carbonyl (C=O) groups is 1. The van der Waals surface area contributed by atoms with E-state index in [1.807, 2.05) is 24.0 Å². The molecule has 0 atom stereocenters. The minimum absolute atomic E-state index is 0.0586. The summed E-state index contributed by atoms with van der Waals surface area (Å²) in [5, 5.41) is 3.08. The molecule has 1 N–H and O–H groups in total. The van der Waals surface area contributed by atoms with Crippen LogP contribution in [0.2, 0.25) is 0 Å². The summed E-state index contributed by atoms with van der Waals surface area (Å²) >= 11 is 0. The van der Waals surface area contributed by atoms with Gasteiger partial charge in [-0.25, -0.2) is 4.98 Å². The number of anilines is 1. The number of hydrogen-bond donors (Lipinski definition) is 1. The zero-order valence-electron chi connectivity index (χ0n) is 12.0. The highest BCUT2D eigenvalue weighted by atomic mass is 16.2. The van der Waals surface area contributed by atoms with Crippen molar-refractivity contribution in [2.75, 3.05) is 18.4 Å². The van der Waals surface area contributed by atoms with Crippen LogP contribution in [0, 0.1) is 0 Å². The van der Waals surface area contributed by atoms with Gasteiger partial charge in [-0.15, -0.1) is 0 Å². The van der Waals surface area contributed by atoms with Gasteiger partial charge in [0.2, 0.25) is 0 Å². The Morgan fingerprint density at radius 3 is 2.90 bits per heavy atom. The van der Waals surface area contributed by atoms with Gasteiger partial charge in [-0.3, -0.25) is 9.78 Å². The van der Waals surface area contributed by atoms with Crippen LogP contribution in [0.4, 0.5) is 5.82 Å². The van der Waals surface area contributed by atoms with Crippen molar-refractivity contribution in [3.63, 3.8) is 0 Å². The molecule has 108 valence electrons. The highest BCUT2D eigenvalue weighted by Crippen LogP contribution is 2.19. The van der Waals surface area contributed by atoms with E-state index in [1.54, 1.807) is 6.20 Å². The lowest BCUT2D eigenvalue weighted by atomic mass is 10.00. The number of carbonyl (C=O) groups excluding carboxylic acids is 1. The molecule has 0 aliphatic carbocycles. The van der Waals surface area contributed by atoms with Gasteiger partial charge >= 0.3 is 0 Å². The van der Waals surface area contributed by atoms with Gasteiger partial charge in [0.1, 0.15) is 11.5 Å². The number of hydrogen-bond acceptors (Lipinski definition) is 4. The number of aromatic nitrogens is 2. The van der Waals surface area contributed by atoms with Gasteiger partial charge in [0.15, 0.2) is 0 Å². The van der Waals surface area contributed by atoms with Crippen molar-refractivity contribution in [3.05, 3.63) is 53.5 Å². The first-order valence-corrected chi connectivity index (χ1v) is 7.20. The average Bonchev–Trinajstić information content (AvgIpc) is 2.54. The molecule has 1 aromatic heterocycles. The number of nitrogens with zero attached hydrogens (tertiary/aromatic N) is 3. The van der Waals surface area contributed by atoms with E-state index in [0.29, 0.717) is 18.1 Å². The molecule has 1 aliphatic heterocycles. The Kier molecular flexibility index (Phi) is 3.81. The minimum atomic E-state index is -0.0586. The van der Waals surface area contributed by atoms with E-state index < -0.39 is 0 Å². The van der Waals surface area contributed by atoms with Crippen molar-refractivity contribution in [2.45, 2.75) is 19.9 Å². The maximum absolute atomic E-state index is 12.6. The molecule has 1 amide bonds. The standard InChI is InChI=1S/C16H18N4O/c1-2-18-15-10-17-9-14(19-15)16(21)20-8-7-12-5-3-4-6-13(12)11-20/h3-6,9-10H,2,7-8,11H2,1H3,(H,18,19). The van der Waals surface area contributed by atoms with Gasteiger partial charge in [0.05, 0.1) is 12.4 Å². The van der Waals surface area contributed by atoms with Gasteiger partial charge in [-0.05, 0) is 24.5 Å². The molecule has 0 unspecified atom stereocenters. The minimum Gasteiger partial charge on any atom is -0.369 e. The Labute approximate surface area is 124 Å². The molecule has 2 heterocycles. The lowest BCUT2D eigenvalue weighted by molar-refractivity contribution is 0.0728. The van der Waals surface area contributed by atoms with Gasteiger partial charge < -0.3 is 10.2 Å². The maximum atomic E-state index is 12.6. The Bertz CT molecular complexity index is 656. The van der Waals surface area contributed by atoms with Crippen molar-refractivity contribution in [1.29, 1.82) is 0 Å². The lowest BCUT2D eigenvalue weighted by Crippen LogP contribution is -2.36. The maximum Gasteiger partial charge on any atom is 0.274 e. The van der Waals surface area contributed by atoms with Gasteiger partial charge in [-0.2, -0.15) is 0 Å². The fourth-order valence-electron chi connectivity index (χ4n) is 2.57. The van der Waals surface area contributed by atoms with Crippen molar-refractivity contribution in [1.82, 2.24) is 14.9 Å². The van der Waals surface area contributed by atoms with Crippen LogP contribution >= 0.6 is 0 Å². The summed E-state index contributed by atoms with van der Waals surface area (Å²) < 4.78 is 0. The van der Waals surface area contributed by atoms with E-state index in [4.69, 9.17) is 0 Å². The SMILES string of the molecule is CCNc1cncc(C(=O)N2CCc3ccccc3C2)n1. The lowest BCUT2D eigenvalue weighted by Gasteiger charge is -2.28. The van der Waals surface area contributed by atoms with Gasteiger partial charge in [0.25, 0.3) is 5.91 Å². The number of nitrogens with one attached hydrogen (secondary N) is 1. The zero-order valence-corrected chi connectivity index (χ0v) is 12.0. The highest BCUT2D eigenvalue weighted by molar-refractivity contribution is 5.92. The molecule has 0 radical (unpaired) electrons. The topological polar surface area (TPSA) is 58.1 Å². The number of benzene rings is 1. The summed E-state index contributed by atoms with van der Waals surface area (Å²) in [6, 6.07) is 8.26. The van der Waals surface area contributed by atoms with Crippen LogP contribution in [0.3, 0.4) is 0 Å². The van der Waals surface area contributed by atoms with Crippen molar-refractivity contribution in [3.8, 4) is 0 Å². The van der Waals surface area contributed by atoms with Crippen LogP contribution in [0.1, 0.15) is 28.5 Å². The van der Waals surface area contributed by atoms with Crippen LogP contribution in [0.15, 0.2) is 36.7 Å². The van der Waals surface area contributed by atoms with Crippen LogP contribution in [0.25, 0.3) is 0 Å². The summed E-state index contributed by atoms with van der Waals surface area (Å²) in [7, 11) is 0. The van der Waals surface area contributed by atoms with Crippen molar-refractivity contribution >= 4 is 11.7 Å². The first kappa shape index (κ1) is 13.5. The van der Waals surface area contributed by atoms with E-state index >= 15 is 0 Å². The van der Waals surface area contributed by atoms with Crippen molar-refractivity contribution in [2.24, 2.45) is 0 Å². The second kappa shape index (κ2) is 5.91. The molecule has 0 saturated carbocycles. The van der Waals surface area contributed by atoms with Crippen LogP contribution in [0.5, 0.6) is 0 Å². The Hall–Kier alpha value is -2.43. The Morgan fingerprint density at radius 2 is 2.10 bits per heavy atom. The smallest absolute Gasteiger partial charge is 0.274 e. The average molecular weight is 282 g/mol. The second-order valence-corrected chi connectivity index (χ2v) is 5.07. The fraction of sp³-hybridized carbons (Fsp3) is 0.312. The van der Waals surface area contributed by atoms with Crippen LogP contribution in [-0.4, -0.2) is 33.9 Å². The molecule has 0 fully saturated rings. The van der Waals surface area contributed by atoms with E-state index in [1.165, 1.54) is 17.3 Å². The number of amides is 1. The molecular formula is C16H18N4O. The van der Waals surface area contributed by atoms with E-state index in [-0.39, 0.29) is 5.91 Å². The fourth-order valence-corrected chi connectivity index (χ4v) is 2.57. The van der Waals surface area contributed by atoms with Gasteiger partial charge in [0, 0.05) is 19.6 Å². The normalized spacial score (nSPS) is 13.7. The second-order valence-electron chi connectivity index (χ2n) is 5.07. The molecule has 1 aliphatic rings. The molecule has 1 aromatic carbocycles. The van der Waals surface area contributed by atoms with Crippen LogP contribution < -0.4 is 5.32 Å². The third-order valence-electron chi connectivity index (χ3n) is 3.63. The molecule has 0 spiro atoms. The third kappa shape index (κ3) is 2.86. The summed E-state index contributed by atoms with van der Waals surface area (Å²) in [5.74, 6) is 0.581. The highest BCUT2D eigenvalue weighted by Gasteiger charge is 2.22. The Morgan fingerprint density at radius 1 is 1.29 bits per heavy atom. The largest absolute Gasteiger partial charge is 0.369 e. The molecule has 3 rings (SSSR count). The molecule has 5 heteroatoms.